The van der Waals surface area contributed by atoms with Crippen molar-refractivity contribution in [1.29, 1.82) is 0 Å². The monoisotopic (exact) mass is 289 g/mol. The summed E-state index contributed by atoms with van der Waals surface area (Å²) in [5.41, 5.74) is -1.24. The minimum Gasteiger partial charge on any atom is -0.477 e. The van der Waals surface area contributed by atoms with Gasteiger partial charge in [0.15, 0.2) is 5.69 Å². The lowest BCUT2D eigenvalue weighted by molar-refractivity contribution is -0.141. The highest BCUT2D eigenvalue weighted by Gasteiger charge is 2.40. The van der Waals surface area contributed by atoms with Crippen molar-refractivity contribution in [1.82, 2.24) is 15.0 Å². The van der Waals surface area contributed by atoms with Crippen LogP contribution in [0.25, 0.3) is 10.7 Å². The molecule has 2 heterocycles. The first kappa shape index (κ1) is 13.4. The van der Waals surface area contributed by atoms with Gasteiger partial charge in [-0.3, -0.25) is 0 Å². The van der Waals surface area contributed by atoms with Crippen LogP contribution in [0.15, 0.2) is 12.3 Å². The molecule has 0 aromatic carbocycles. The Labute approximate surface area is 108 Å². The predicted octanol–water partition coefficient (Wildman–Crippen LogP) is 2.63. The number of hydrogen-bond acceptors (Lipinski definition) is 5. The Kier molecular flexibility index (Phi) is 3.23. The molecule has 19 heavy (non-hydrogen) atoms. The Bertz CT molecular complexity index is 639. The number of rotatable bonds is 2. The fraction of sp³-hybridized carbons (Fsp3) is 0.200. The minimum atomic E-state index is -4.81. The first-order valence-corrected chi connectivity index (χ1v) is 5.72. The number of halogens is 3. The Balaban J connectivity index is 2.58. The van der Waals surface area contributed by atoms with Gasteiger partial charge in [-0.2, -0.15) is 13.2 Å². The van der Waals surface area contributed by atoms with E-state index < -0.39 is 22.7 Å². The predicted molar refractivity (Wildman–Crippen MR) is 59.8 cm³/mol. The van der Waals surface area contributed by atoms with Gasteiger partial charge >= 0.3 is 12.1 Å². The van der Waals surface area contributed by atoms with E-state index >= 15 is 0 Å². The standard InChI is InChI=1S/C10H6F3N3O2S/c1-4-14-3-2-5(15-4)8-16-7(10(11,12)13)6(19-8)9(17)18/h2-3H,1H3,(H,17,18). The van der Waals surface area contributed by atoms with Gasteiger partial charge in [-0.25, -0.2) is 19.7 Å². The SMILES string of the molecule is Cc1nccc(-c2nc(C(F)(F)F)c(C(=O)O)s2)n1. The maximum absolute atomic E-state index is 12.7. The minimum absolute atomic E-state index is 0.102. The van der Waals surface area contributed by atoms with Crippen molar-refractivity contribution < 1.29 is 23.1 Å². The molecule has 5 nitrogen and oxygen atoms in total. The third-order valence-electron chi connectivity index (χ3n) is 2.09. The molecule has 0 aliphatic rings. The summed E-state index contributed by atoms with van der Waals surface area (Å²) in [6, 6.07) is 1.37. The molecule has 0 atom stereocenters. The molecule has 0 bridgehead atoms. The lowest BCUT2D eigenvalue weighted by Gasteiger charge is -2.02. The number of carboxylic acids is 1. The van der Waals surface area contributed by atoms with Gasteiger partial charge in [0.25, 0.3) is 0 Å². The first-order valence-electron chi connectivity index (χ1n) is 4.90. The molecule has 0 aliphatic heterocycles. The van der Waals surface area contributed by atoms with Crippen LogP contribution in [0.5, 0.6) is 0 Å². The maximum atomic E-state index is 12.7. The molecule has 0 unspecified atom stereocenters. The molecular weight excluding hydrogens is 283 g/mol. The molecule has 100 valence electrons. The lowest BCUT2D eigenvalue weighted by atomic mass is 10.3. The van der Waals surface area contributed by atoms with E-state index in [2.05, 4.69) is 15.0 Å². The van der Waals surface area contributed by atoms with Crippen LogP contribution in [-0.2, 0) is 6.18 Å². The van der Waals surface area contributed by atoms with Crippen LogP contribution in [0.3, 0.4) is 0 Å². The zero-order chi connectivity index (χ0) is 14.2. The van der Waals surface area contributed by atoms with Crippen molar-refractivity contribution in [2.24, 2.45) is 0 Å². The number of hydrogen-bond donors (Lipinski definition) is 1. The van der Waals surface area contributed by atoms with Gasteiger partial charge in [0.2, 0.25) is 0 Å². The molecule has 2 aromatic rings. The second-order valence-corrected chi connectivity index (χ2v) is 4.49. The highest BCUT2D eigenvalue weighted by Crippen LogP contribution is 2.37. The number of alkyl halides is 3. The van der Waals surface area contributed by atoms with Gasteiger partial charge < -0.3 is 5.11 Å². The summed E-state index contributed by atoms with van der Waals surface area (Å²) in [6.07, 6.45) is -3.45. The molecule has 0 saturated carbocycles. The lowest BCUT2D eigenvalue weighted by Crippen LogP contribution is -2.11. The third kappa shape index (κ3) is 2.70. The molecule has 1 N–H and O–H groups in total. The number of aromatic carboxylic acids is 1. The van der Waals surface area contributed by atoms with Crippen LogP contribution in [0.4, 0.5) is 13.2 Å². The molecule has 0 saturated heterocycles. The molecule has 0 amide bonds. The van der Waals surface area contributed by atoms with E-state index in [9.17, 15) is 18.0 Å². The quantitative estimate of drug-likeness (QED) is 0.919. The van der Waals surface area contributed by atoms with Crippen LogP contribution >= 0.6 is 11.3 Å². The van der Waals surface area contributed by atoms with Crippen LogP contribution in [0, 0.1) is 6.92 Å². The van der Waals surface area contributed by atoms with Gasteiger partial charge in [-0.15, -0.1) is 11.3 Å². The Morgan fingerprint density at radius 1 is 1.37 bits per heavy atom. The van der Waals surface area contributed by atoms with E-state index in [-0.39, 0.29) is 10.7 Å². The summed E-state index contributed by atoms with van der Waals surface area (Å²) in [7, 11) is 0. The maximum Gasteiger partial charge on any atom is 0.435 e. The molecule has 0 spiro atoms. The number of thiazole rings is 1. The Hall–Kier alpha value is -2.03. The second-order valence-electron chi connectivity index (χ2n) is 3.49. The van der Waals surface area contributed by atoms with Gasteiger partial charge in [0.05, 0.1) is 0 Å². The normalized spacial score (nSPS) is 11.6. The number of carbonyl (C=O) groups is 1. The average molecular weight is 289 g/mol. The highest BCUT2D eigenvalue weighted by atomic mass is 32.1. The fourth-order valence-corrected chi connectivity index (χ4v) is 2.24. The number of aryl methyl sites for hydroxylation is 1. The van der Waals surface area contributed by atoms with E-state index in [4.69, 9.17) is 5.11 Å². The molecule has 2 rings (SSSR count). The Morgan fingerprint density at radius 2 is 2.05 bits per heavy atom. The fourth-order valence-electron chi connectivity index (χ4n) is 1.34. The van der Waals surface area contributed by atoms with Gasteiger partial charge in [-0.05, 0) is 13.0 Å². The van der Waals surface area contributed by atoms with E-state index in [0.717, 1.165) is 0 Å². The van der Waals surface area contributed by atoms with Gasteiger partial charge in [0, 0.05) is 6.20 Å². The van der Waals surface area contributed by atoms with Gasteiger partial charge in [-0.1, -0.05) is 0 Å². The highest BCUT2D eigenvalue weighted by molar-refractivity contribution is 7.17. The Morgan fingerprint density at radius 3 is 2.53 bits per heavy atom. The van der Waals surface area contributed by atoms with E-state index in [1.807, 2.05) is 0 Å². The summed E-state index contributed by atoms with van der Waals surface area (Å²) in [6.45, 7) is 1.57. The first-order chi connectivity index (χ1) is 8.79. The van der Waals surface area contributed by atoms with Crippen LogP contribution in [-0.4, -0.2) is 26.0 Å². The van der Waals surface area contributed by atoms with Crippen molar-refractivity contribution in [2.45, 2.75) is 13.1 Å². The van der Waals surface area contributed by atoms with E-state index in [1.54, 1.807) is 6.92 Å². The molecule has 9 heteroatoms. The van der Waals surface area contributed by atoms with Crippen molar-refractivity contribution in [2.75, 3.05) is 0 Å². The zero-order valence-electron chi connectivity index (χ0n) is 9.39. The number of aromatic nitrogens is 3. The third-order valence-corrected chi connectivity index (χ3v) is 3.15. The summed E-state index contributed by atoms with van der Waals surface area (Å²) in [5.74, 6) is -1.31. The summed E-state index contributed by atoms with van der Waals surface area (Å²) >= 11 is 0.435. The number of carboxylic acid groups (broad SMARTS) is 1. The van der Waals surface area contributed by atoms with Crippen LogP contribution < -0.4 is 0 Å². The molecule has 0 aliphatic carbocycles. The van der Waals surface area contributed by atoms with Crippen molar-refractivity contribution in [3.63, 3.8) is 0 Å². The average Bonchev–Trinajstić information content (AvgIpc) is 2.73. The molecule has 0 fully saturated rings. The molecule has 0 radical (unpaired) electrons. The second kappa shape index (κ2) is 4.57. The number of nitrogens with zero attached hydrogens (tertiary/aromatic N) is 3. The van der Waals surface area contributed by atoms with Crippen LogP contribution in [0.1, 0.15) is 21.2 Å². The summed E-state index contributed by atoms with van der Waals surface area (Å²) in [5, 5.41) is 8.68. The van der Waals surface area contributed by atoms with Crippen molar-refractivity contribution >= 4 is 17.3 Å². The molecule has 2 aromatic heterocycles. The van der Waals surface area contributed by atoms with E-state index in [1.165, 1.54) is 12.3 Å². The van der Waals surface area contributed by atoms with Crippen molar-refractivity contribution in [3.05, 3.63) is 28.7 Å². The van der Waals surface area contributed by atoms with Crippen LogP contribution in [0.2, 0.25) is 0 Å². The summed E-state index contributed by atoms with van der Waals surface area (Å²) in [4.78, 5) is 21.0. The van der Waals surface area contributed by atoms with Gasteiger partial charge in [0.1, 0.15) is 21.4 Å². The largest absolute Gasteiger partial charge is 0.477 e. The molecular formula is C10H6F3N3O2S. The zero-order valence-corrected chi connectivity index (χ0v) is 10.2. The topological polar surface area (TPSA) is 76.0 Å². The van der Waals surface area contributed by atoms with Crippen molar-refractivity contribution in [3.8, 4) is 10.7 Å². The summed E-state index contributed by atoms with van der Waals surface area (Å²) < 4.78 is 38.0. The smallest absolute Gasteiger partial charge is 0.435 e. The van der Waals surface area contributed by atoms with E-state index in [0.29, 0.717) is 17.2 Å².